The van der Waals surface area contributed by atoms with E-state index in [1.807, 2.05) is 49.5 Å². The van der Waals surface area contributed by atoms with Gasteiger partial charge in [-0.2, -0.15) is 0 Å². The Kier molecular flexibility index (Phi) is 6.64. The molecule has 36 heavy (non-hydrogen) atoms. The highest BCUT2D eigenvalue weighted by molar-refractivity contribution is 6.18. The predicted molar refractivity (Wildman–Crippen MR) is 150 cm³/mol. The van der Waals surface area contributed by atoms with E-state index in [2.05, 4.69) is 62.5 Å². The Hall–Kier alpha value is -4.23. The van der Waals surface area contributed by atoms with Crippen molar-refractivity contribution in [1.29, 1.82) is 5.41 Å². The molecule has 1 aliphatic rings. The van der Waals surface area contributed by atoms with Gasteiger partial charge in [-0.1, -0.05) is 12.1 Å². The number of hydrogen-bond donors (Lipinski definition) is 3. The van der Waals surface area contributed by atoms with E-state index in [4.69, 9.17) is 11.1 Å². The largest absolute Gasteiger partial charge is 0.396 e. The Morgan fingerprint density at radius 2 is 1.75 bits per heavy atom. The van der Waals surface area contributed by atoms with Crippen molar-refractivity contribution < 1.29 is 0 Å². The lowest BCUT2D eigenvalue weighted by Gasteiger charge is -2.34. The standard InChI is InChI=1S/C29H31N7/c1-20-4-3-5-28(33-20)29(31)26(18-30)21-6-11-27-22(16-21)17-24(19-32-27)34-23-7-9-25(10-8-23)36-14-12-35(2)13-15-36/h3-11,16-19,30,34H,12-15,31H2,1-2H3. The summed E-state index contributed by atoms with van der Waals surface area (Å²) in [5.74, 6) is 0. The molecule has 1 aliphatic heterocycles. The Morgan fingerprint density at radius 3 is 2.47 bits per heavy atom. The molecule has 1 saturated heterocycles. The van der Waals surface area contributed by atoms with Crippen LogP contribution in [-0.2, 0) is 0 Å². The van der Waals surface area contributed by atoms with Crippen molar-refractivity contribution in [3.05, 3.63) is 89.9 Å². The molecule has 0 radical (unpaired) electrons. The normalized spacial score (nSPS) is 15.0. The fraction of sp³-hybridized carbons (Fsp3) is 0.207. The SMILES string of the molecule is Cc1cccc(C(N)=C(C=N)c2ccc3ncc(Nc4ccc(N5CCN(C)CC5)cc4)cc3c2)n1. The molecule has 0 unspecified atom stereocenters. The van der Waals surface area contributed by atoms with E-state index in [0.29, 0.717) is 17.0 Å². The zero-order valence-corrected chi connectivity index (χ0v) is 20.7. The zero-order chi connectivity index (χ0) is 25.1. The molecule has 0 bridgehead atoms. The first kappa shape index (κ1) is 23.5. The molecule has 4 aromatic rings. The minimum absolute atomic E-state index is 0.482. The monoisotopic (exact) mass is 477 g/mol. The molecule has 2 aromatic carbocycles. The molecule has 7 nitrogen and oxygen atoms in total. The first-order valence-corrected chi connectivity index (χ1v) is 12.2. The van der Waals surface area contributed by atoms with E-state index >= 15 is 0 Å². The summed E-state index contributed by atoms with van der Waals surface area (Å²) < 4.78 is 0. The lowest BCUT2D eigenvalue weighted by atomic mass is 10.0. The maximum absolute atomic E-state index is 8.01. The molecule has 182 valence electrons. The molecule has 7 heteroatoms. The van der Waals surface area contributed by atoms with Crippen molar-refractivity contribution in [1.82, 2.24) is 14.9 Å². The number of piperazine rings is 1. The van der Waals surface area contributed by atoms with Crippen molar-refractivity contribution in [2.45, 2.75) is 6.92 Å². The average Bonchev–Trinajstić information content (AvgIpc) is 2.90. The van der Waals surface area contributed by atoms with E-state index in [1.54, 1.807) is 0 Å². The Bertz CT molecular complexity index is 1420. The number of hydrogen-bond acceptors (Lipinski definition) is 7. The fourth-order valence-electron chi connectivity index (χ4n) is 4.50. The molecule has 2 aromatic heterocycles. The Morgan fingerprint density at radius 1 is 0.972 bits per heavy atom. The number of rotatable bonds is 6. The topological polar surface area (TPSA) is 94.2 Å². The lowest BCUT2D eigenvalue weighted by Crippen LogP contribution is -2.44. The second-order valence-corrected chi connectivity index (χ2v) is 9.23. The van der Waals surface area contributed by atoms with Gasteiger partial charge in [0.25, 0.3) is 0 Å². The summed E-state index contributed by atoms with van der Waals surface area (Å²) in [5, 5.41) is 12.4. The van der Waals surface area contributed by atoms with Crippen LogP contribution in [0, 0.1) is 12.3 Å². The van der Waals surface area contributed by atoms with Gasteiger partial charge in [0.15, 0.2) is 0 Å². The van der Waals surface area contributed by atoms with Crippen molar-refractivity contribution in [3.8, 4) is 0 Å². The highest BCUT2D eigenvalue weighted by Crippen LogP contribution is 2.27. The van der Waals surface area contributed by atoms with Crippen LogP contribution in [-0.4, -0.2) is 54.3 Å². The van der Waals surface area contributed by atoms with Crippen LogP contribution in [0.2, 0.25) is 0 Å². The van der Waals surface area contributed by atoms with Gasteiger partial charge in [0.1, 0.15) is 0 Å². The summed E-state index contributed by atoms with van der Waals surface area (Å²) in [6.07, 6.45) is 3.13. The minimum atomic E-state index is 0.482. The molecule has 0 amide bonds. The zero-order valence-electron chi connectivity index (χ0n) is 20.7. The van der Waals surface area contributed by atoms with Crippen molar-refractivity contribution in [2.75, 3.05) is 43.4 Å². The summed E-state index contributed by atoms with van der Waals surface area (Å²) in [6, 6.07) is 22.3. The van der Waals surface area contributed by atoms with E-state index in [9.17, 15) is 0 Å². The molecule has 4 N–H and O–H groups in total. The number of nitrogens with one attached hydrogen (secondary N) is 2. The maximum atomic E-state index is 8.01. The number of pyridine rings is 2. The first-order valence-electron chi connectivity index (χ1n) is 12.2. The third-order valence-corrected chi connectivity index (χ3v) is 6.62. The molecular formula is C29H31N7. The summed E-state index contributed by atoms with van der Waals surface area (Å²) in [7, 11) is 2.17. The summed E-state index contributed by atoms with van der Waals surface area (Å²) >= 11 is 0. The van der Waals surface area contributed by atoms with Gasteiger partial charge in [-0.05, 0) is 74.1 Å². The second kappa shape index (κ2) is 10.2. The number of likely N-dealkylation sites (N-methyl/N-ethyl adjacent to an activating group) is 1. The van der Waals surface area contributed by atoms with Crippen molar-refractivity contribution in [2.24, 2.45) is 5.73 Å². The number of allylic oxidation sites excluding steroid dienone is 1. The first-order chi connectivity index (χ1) is 17.5. The van der Waals surface area contributed by atoms with Crippen LogP contribution in [0.25, 0.3) is 22.2 Å². The molecule has 3 heterocycles. The van der Waals surface area contributed by atoms with Crippen LogP contribution in [0.5, 0.6) is 0 Å². The van der Waals surface area contributed by atoms with E-state index in [1.165, 1.54) is 11.9 Å². The Balaban J connectivity index is 1.39. The number of nitrogens with zero attached hydrogens (tertiary/aromatic N) is 4. The number of benzene rings is 2. The number of nitrogens with two attached hydrogens (primary N) is 1. The highest BCUT2D eigenvalue weighted by atomic mass is 15.2. The number of fused-ring (bicyclic) bond motifs is 1. The van der Waals surface area contributed by atoms with E-state index in [-0.39, 0.29) is 0 Å². The highest BCUT2D eigenvalue weighted by Gasteiger charge is 2.14. The molecule has 0 aliphatic carbocycles. The van der Waals surface area contributed by atoms with Crippen molar-refractivity contribution in [3.63, 3.8) is 0 Å². The van der Waals surface area contributed by atoms with Crippen LogP contribution in [0.4, 0.5) is 17.1 Å². The van der Waals surface area contributed by atoms with Crippen LogP contribution in [0.15, 0.2) is 72.9 Å². The smallest absolute Gasteiger partial charge is 0.0869 e. The second-order valence-electron chi connectivity index (χ2n) is 9.23. The third-order valence-electron chi connectivity index (χ3n) is 6.62. The minimum Gasteiger partial charge on any atom is -0.396 e. The lowest BCUT2D eigenvalue weighted by molar-refractivity contribution is 0.313. The number of aromatic nitrogens is 2. The predicted octanol–water partition coefficient (Wildman–Crippen LogP) is 4.91. The fourth-order valence-corrected chi connectivity index (χ4v) is 4.50. The van der Waals surface area contributed by atoms with Gasteiger partial charge >= 0.3 is 0 Å². The summed E-state index contributed by atoms with van der Waals surface area (Å²) in [5.41, 5.74) is 14.0. The van der Waals surface area contributed by atoms with Gasteiger partial charge in [0.2, 0.25) is 0 Å². The third kappa shape index (κ3) is 5.06. The summed E-state index contributed by atoms with van der Waals surface area (Å²) in [4.78, 5) is 13.9. The van der Waals surface area contributed by atoms with Crippen LogP contribution >= 0.6 is 0 Å². The van der Waals surface area contributed by atoms with Gasteiger partial charge in [0.05, 0.1) is 28.8 Å². The maximum Gasteiger partial charge on any atom is 0.0869 e. The van der Waals surface area contributed by atoms with Gasteiger partial charge in [-0.25, -0.2) is 0 Å². The molecule has 0 atom stereocenters. The van der Waals surface area contributed by atoms with Crippen LogP contribution in [0.3, 0.4) is 0 Å². The average molecular weight is 478 g/mol. The van der Waals surface area contributed by atoms with Crippen LogP contribution in [0.1, 0.15) is 17.0 Å². The molecule has 0 saturated carbocycles. The van der Waals surface area contributed by atoms with Gasteiger partial charge < -0.3 is 26.3 Å². The summed E-state index contributed by atoms with van der Waals surface area (Å²) in [6.45, 7) is 6.21. The van der Waals surface area contributed by atoms with Gasteiger partial charge in [-0.15, -0.1) is 0 Å². The molecule has 5 rings (SSSR count). The van der Waals surface area contributed by atoms with Gasteiger partial charge in [-0.3, -0.25) is 9.97 Å². The van der Waals surface area contributed by atoms with Gasteiger partial charge in [0, 0.05) is 60.4 Å². The quantitative estimate of drug-likeness (QED) is 0.342. The number of anilines is 3. The van der Waals surface area contributed by atoms with Crippen molar-refractivity contribution >= 4 is 45.4 Å². The molecule has 0 spiro atoms. The number of aryl methyl sites for hydroxylation is 1. The van der Waals surface area contributed by atoms with E-state index in [0.717, 1.165) is 59.7 Å². The van der Waals surface area contributed by atoms with E-state index < -0.39 is 0 Å². The Labute approximate surface area is 211 Å². The molecular weight excluding hydrogens is 446 g/mol. The van der Waals surface area contributed by atoms with Crippen LogP contribution < -0.4 is 16.0 Å². The molecule has 1 fully saturated rings.